The fourth-order valence-corrected chi connectivity index (χ4v) is 5.05. The molecule has 0 radical (unpaired) electrons. The number of aliphatic carboxylic acids is 2. The fraction of sp³-hybridized carbons (Fsp3) is 0.333. The summed E-state index contributed by atoms with van der Waals surface area (Å²) in [5.41, 5.74) is -0.666. The number of rotatable bonds is 10. The summed E-state index contributed by atoms with van der Waals surface area (Å²) in [5.74, 6) is -5.87. The Kier molecular flexibility index (Phi) is 7.21. The van der Waals surface area contributed by atoms with Crippen LogP contribution in [0.4, 0.5) is 0 Å². The predicted molar refractivity (Wildman–Crippen MR) is 130 cm³/mol. The summed E-state index contributed by atoms with van der Waals surface area (Å²) in [7, 11) is 0. The molecule has 2 heterocycles. The van der Waals surface area contributed by atoms with E-state index >= 15 is 0 Å². The molecule has 0 bridgehead atoms. The van der Waals surface area contributed by atoms with Crippen LogP contribution in [0.3, 0.4) is 0 Å². The van der Waals surface area contributed by atoms with Crippen LogP contribution in [-0.2, 0) is 19.2 Å². The monoisotopic (exact) mass is 492 g/mol. The average Bonchev–Trinajstić information content (AvgIpc) is 3.33. The Morgan fingerprint density at radius 3 is 2.36 bits per heavy atom. The highest BCUT2D eigenvalue weighted by Gasteiger charge is 2.68. The van der Waals surface area contributed by atoms with Gasteiger partial charge in [-0.2, -0.15) is 0 Å². The second kappa shape index (κ2) is 10.3. The van der Waals surface area contributed by atoms with Gasteiger partial charge in [-0.3, -0.25) is 29.4 Å². The number of benzene rings is 2. The van der Waals surface area contributed by atoms with E-state index < -0.39 is 53.6 Å². The molecule has 4 rings (SSSR count). The number of fused-ring (bicyclic) bond motifs is 1. The summed E-state index contributed by atoms with van der Waals surface area (Å²) in [5, 5.41) is 22.5. The molecule has 9 nitrogen and oxygen atoms in total. The summed E-state index contributed by atoms with van der Waals surface area (Å²) in [4.78, 5) is 52.1. The lowest BCUT2D eigenvalue weighted by Gasteiger charge is -2.29. The fourth-order valence-electron chi connectivity index (χ4n) is 5.05. The topological polar surface area (TPSA) is 133 Å². The van der Waals surface area contributed by atoms with Gasteiger partial charge in [-0.15, -0.1) is 0 Å². The third kappa shape index (κ3) is 4.61. The number of nitrogens with zero attached hydrogens (tertiary/aromatic N) is 1. The molecule has 36 heavy (non-hydrogen) atoms. The van der Waals surface area contributed by atoms with Crippen LogP contribution in [0, 0.1) is 11.8 Å². The molecule has 2 aromatic rings. The number of nitrogens with one attached hydrogen (secondary N) is 1. The zero-order valence-corrected chi connectivity index (χ0v) is 19.8. The Morgan fingerprint density at radius 1 is 1.06 bits per heavy atom. The van der Waals surface area contributed by atoms with Crippen LogP contribution in [0.2, 0.25) is 0 Å². The minimum absolute atomic E-state index is 0.0428. The van der Waals surface area contributed by atoms with Gasteiger partial charge in [0.25, 0.3) is 0 Å². The van der Waals surface area contributed by atoms with Crippen LogP contribution >= 0.6 is 0 Å². The first-order chi connectivity index (χ1) is 17.3. The van der Waals surface area contributed by atoms with Gasteiger partial charge < -0.3 is 14.9 Å². The second-order valence-corrected chi connectivity index (χ2v) is 8.99. The maximum Gasteiger partial charge on any atom is 0.325 e. The van der Waals surface area contributed by atoms with E-state index in [1.165, 1.54) is 0 Å². The molecule has 3 N–H and O–H groups in total. The third-order valence-electron chi connectivity index (χ3n) is 6.67. The lowest BCUT2D eigenvalue weighted by atomic mass is 9.77. The summed E-state index contributed by atoms with van der Waals surface area (Å²) < 4.78 is 5.60. The van der Waals surface area contributed by atoms with E-state index in [0.717, 1.165) is 16.9 Å². The van der Waals surface area contributed by atoms with Crippen molar-refractivity contribution in [1.29, 1.82) is 0 Å². The van der Waals surface area contributed by atoms with E-state index in [2.05, 4.69) is 5.32 Å². The number of ether oxygens (including phenoxy) is 1. The highest BCUT2D eigenvalue weighted by atomic mass is 16.5. The van der Waals surface area contributed by atoms with Crippen molar-refractivity contribution < 1.29 is 34.1 Å². The quantitative estimate of drug-likeness (QED) is 0.431. The van der Waals surface area contributed by atoms with Gasteiger partial charge in [-0.25, -0.2) is 0 Å². The van der Waals surface area contributed by atoms with E-state index in [1.807, 2.05) is 37.3 Å². The predicted octanol–water partition coefficient (Wildman–Crippen LogP) is 2.73. The van der Waals surface area contributed by atoms with Crippen LogP contribution in [0.1, 0.15) is 36.9 Å². The second-order valence-electron chi connectivity index (χ2n) is 8.99. The number of likely N-dealkylation sites (tertiary alicyclic amines) is 1. The normalized spacial score (nSPS) is 25.4. The van der Waals surface area contributed by atoms with E-state index in [4.69, 9.17) is 4.74 Å². The van der Waals surface area contributed by atoms with Crippen molar-refractivity contribution in [3.63, 3.8) is 0 Å². The van der Waals surface area contributed by atoms with Crippen LogP contribution in [0.5, 0.6) is 5.75 Å². The number of carbonyl (C=O) groups excluding carboxylic acids is 2. The van der Waals surface area contributed by atoms with Crippen molar-refractivity contribution >= 4 is 29.8 Å². The number of carbonyl (C=O) groups is 4. The van der Waals surface area contributed by atoms with Crippen LogP contribution in [-0.4, -0.2) is 57.6 Å². The number of carboxylic acid groups (broad SMARTS) is 2. The number of hydrogen-bond acceptors (Lipinski definition) is 6. The minimum atomic E-state index is -2.12. The standard InChI is InChI=1S/C27H28N2O7/c1-2-15-36-19-12-10-18(11-13-19)23-21-22(27(28-23,26(34)35)16-20(30)31)25(33)29(24(21)32)14-6-9-17-7-4-3-5-8-17/h3-13,21-23,28H,2,14-16H2,1H3,(H,30,31)(H,34,35). The summed E-state index contributed by atoms with van der Waals surface area (Å²) >= 11 is 0. The molecule has 9 heteroatoms. The number of carboxylic acids is 2. The van der Waals surface area contributed by atoms with E-state index in [0.29, 0.717) is 17.9 Å². The summed E-state index contributed by atoms with van der Waals surface area (Å²) in [6.45, 7) is 2.47. The molecule has 0 spiro atoms. The molecular weight excluding hydrogens is 464 g/mol. The molecule has 2 aliphatic rings. The third-order valence-corrected chi connectivity index (χ3v) is 6.67. The molecule has 0 aromatic heterocycles. The molecular formula is C27H28N2O7. The Morgan fingerprint density at radius 2 is 1.75 bits per heavy atom. The van der Waals surface area contributed by atoms with Crippen molar-refractivity contribution in [3.05, 3.63) is 71.8 Å². The lowest BCUT2D eigenvalue weighted by Crippen LogP contribution is -2.56. The van der Waals surface area contributed by atoms with Crippen molar-refractivity contribution in [2.24, 2.45) is 11.8 Å². The van der Waals surface area contributed by atoms with Gasteiger partial charge in [-0.1, -0.05) is 61.5 Å². The van der Waals surface area contributed by atoms with Crippen LogP contribution in [0.25, 0.3) is 6.08 Å². The maximum atomic E-state index is 13.5. The molecule has 0 saturated carbocycles. The summed E-state index contributed by atoms with van der Waals surface area (Å²) in [6.07, 6.45) is 3.41. The van der Waals surface area contributed by atoms with Gasteiger partial charge in [0.15, 0.2) is 0 Å². The molecule has 2 aliphatic heterocycles. The maximum absolute atomic E-state index is 13.5. The highest BCUT2D eigenvalue weighted by molar-refractivity contribution is 6.10. The van der Waals surface area contributed by atoms with Crippen molar-refractivity contribution in [2.75, 3.05) is 13.2 Å². The summed E-state index contributed by atoms with van der Waals surface area (Å²) in [6, 6.07) is 15.3. The first kappa shape index (κ1) is 25.1. The number of amides is 2. The first-order valence-electron chi connectivity index (χ1n) is 11.8. The molecule has 2 aromatic carbocycles. The van der Waals surface area contributed by atoms with Gasteiger partial charge in [0.1, 0.15) is 11.3 Å². The Bertz CT molecular complexity index is 1180. The molecule has 2 saturated heterocycles. The van der Waals surface area contributed by atoms with Crippen molar-refractivity contribution in [1.82, 2.24) is 10.2 Å². The SMILES string of the molecule is CCCOc1ccc(C2NC(CC(=O)O)(C(=O)O)C3C(=O)N(CC=Cc4ccccc4)C(=O)C23)cc1. The van der Waals surface area contributed by atoms with Gasteiger partial charge in [-0.05, 0) is 29.7 Å². The van der Waals surface area contributed by atoms with E-state index in [1.54, 1.807) is 36.4 Å². The number of imide groups is 1. The van der Waals surface area contributed by atoms with Gasteiger partial charge in [0, 0.05) is 12.6 Å². The van der Waals surface area contributed by atoms with Gasteiger partial charge in [0.2, 0.25) is 11.8 Å². The van der Waals surface area contributed by atoms with Crippen LogP contribution in [0.15, 0.2) is 60.7 Å². The molecule has 2 amide bonds. The van der Waals surface area contributed by atoms with Gasteiger partial charge >= 0.3 is 11.9 Å². The van der Waals surface area contributed by atoms with Gasteiger partial charge in [0.05, 0.1) is 24.9 Å². The van der Waals surface area contributed by atoms with Crippen molar-refractivity contribution in [2.45, 2.75) is 31.3 Å². The van der Waals surface area contributed by atoms with Crippen LogP contribution < -0.4 is 10.1 Å². The highest BCUT2D eigenvalue weighted by Crippen LogP contribution is 2.50. The van der Waals surface area contributed by atoms with E-state index in [-0.39, 0.29) is 6.54 Å². The zero-order valence-electron chi connectivity index (χ0n) is 19.8. The smallest absolute Gasteiger partial charge is 0.325 e. The lowest BCUT2D eigenvalue weighted by molar-refractivity contribution is -0.155. The largest absolute Gasteiger partial charge is 0.494 e. The molecule has 188 valence electrons. The van der Waals surface area contributed by atoms with Crippen molar-refractivity contribution in [3.8, 4) is 5.75 Å². The first-order valence-corrected chi connectivity index (χ1v) is 11.8. The Balaban J connectivity index is 1.67. The number of hydrogen-bond donors (Lipinski definition) is 3. The average molecular weight is 493 g/mol. The Hall–Kier alpha value is -3.98. The van der Waals surface area contributed by atoms with E-state index in [9.17, 15) is 29.4 Å². The Labute approximate surface area is 208 Å². The molecule has 2 fully saturated rings. The zero-order chi connectivity index (χ0) is 25.9. The molecule has 4 unspecified atom stereocenters. The molecule has 0 aliphatic carbocycles. The molecule has 4 atom stereocenters. The minimum Gasteiger partial charge on any atom is -0.494 e.